The summed E-state index contributed by atoms with van der Waals surface area (Å²) in [5.41, 5.74) is 0. The summed E-state index contributed by atoms with van der Waals surface area (Å²) in [6.07, 6.45) is 39.9. The molecule has 0 rings (SSSR count). The van der Waals surface area contributed by atoms with Crippen LogP contribution in [-0.4, -0.2) is 0 Å². The first-order chi connectivity index (χ1) is 14.4. The lowest BCUT2D eigenvalue weighted by atomic mass is 10.0. The van der Waals surface area contributed by atoms with Gasteiger partial charge in [0, 0.05) is 0 Å². The Kier molecular flexibility index (Phi) is 27.0. The molecule has 0 heterocycles. The van der Waals surface area contributed by atoms with E-state index in [4.69, 9.17) is 0 Å². The quantitative estimate of drug-likeness (QED) is 0.0992. The van der Waals surface area contributed by atoms with Crippen molar-refractivity contribution in [2.75, 3.05) is 0 Å². The Morgan fingerprint density at radius 2 is 0.379 bits per heavy atom. The van der Waals surface area contributed by atoms with Gasteiger partial charge in [0.1, 0.15) is 0 Å². The summed E-state index contributed by atoms with van der Waals surface area (Å²) in [7, 11) is 0. The minimum Gasteiger partial charge on any atom is -0.103 e. The van der Waals surface area contributed by atoms with Gasteiger partial charge in [0.2, 0.25) is 0 Å². The third-order valence-electron chi connectivity index (χ3n) is 6.32. The number of unbranched alkanes of at least 4 members (excludes halogenated alkanes) is 24. The molecule has 0 fully saturated rings. The van der Waals surface area contributed by atoms with Crippen LogP contribution in [0.2, 0.25) is 0 Å². The fourth-order valence-electron chi connectivity index (χ4n) is 4.29. The van der Waals surface area contributed by atoms with E-state index < -0.39 is 0 Å². The minimum atomic E-state index is 1.21. The molecule has 0 aromatic rings. The Hall–Kier alpha value is -0.520. The van der Waals surface area contributed by atoms with Crippen molar-refractivity contribution in [1.82, 2.24) is 0 Å². The molecule has 29 heavy (non-hydrogen) atoms. The monoisotopic (exact) mass is 404 g/mol. The first-order valence-electron chi connectivity index (χ1n) is 13.6. The molecule has 0 aromatic carbocycles. The van der Waals surface area contributed by atoms with Gasteiger partial charge >= 0.3 is 0 Å². The third-order valence-corrected chi connectivity index (χ3v) is 6.32. The predicted molar refractivity (Wildman–Crippen MR) is 136 cm³/mol. The van der Waals surface area contributed by atoms with Crippen molar-refractivity contribution in [1.29, 1.82) is 0 Å². The second-order valence-corrected chi connectivity index (χ2v) is 9.29. The molecule has 0 radical (unpaired) electrons. The van der Waals surface area contributed by atoms with E-state index in [9.17, 15) is 0 Å². The van der Waals surface area contributed by atoms with E-state index in [0.717, 1.165) is 0 Å². The standard InChI is InChI=1S/C29H56/c1-3-5-7-9-11-13-15-17-19-21-23-25-27-29-28-26-24-22-20-18-16-14-12-10-8-6-4-2/h3-4H,1-2,5-29H2. The topological polar surface area (TPSA) is 0 Å². The lowest BCUT2D eigenvalue weighted by molar-refractivity contribution is 0.517. The van der Waals surface area contributed by atoms with E-state index in [1.165, 1.54) is 161 Å². The highest BCUT2D eigenvalue weighted by Gasteiger charge is 1.96. The molecule has 0 saturated carbocycles. The molecule has 0 spiro atoms. The van der Waals surface area contributed by atoms with Crippen molar-refractivity contribution in [3.05, 3.63) is 25.3 Å². The van der Waals surface area contributed by atoms with E-state index in [1.54, 1.807) is 0 Å². The molecular formula is C29H56. The van der Waals surface area contributed by atoms with Crippen molar-refractivity contribution < 1.29 is 0 Å². The van der Waals surface area contributed by atoms with Gasteiger partial charge in [0.25, 0.3) is 0 Å². The Morgan fingerprint density at radius 3 is 0.517 bits per heavy atom. The number of allylic oxidation sites excluding steroid dienone is 2. The van der Waals surface area contributed by atoms with Gasteiger partial charge in [-0.2, -0.15) is 0 Å². The van der Waals surface area contributed by atoms with Crippen LogP contribution in [0.3, 0.4) is 0 Å². The Labute approximate surface area is 186 Å². The van der Waals surface area contributed by atoms with Crippen molar-refractivity contribution in [3.8, 4) is 0 Å². The molecule has 0 unspecified atom stereocenters. The molecule has 0 N–H and O–H groups in total. The summed E-state index contributed by atoms with van der Waals surface area (Å²) in [6.45, 7) is 7.58. The number of rotatable bonds is 26. The van der Waals surface area contributed by atoms with Crippen LogP contribution in [0.25, 0.3) is 0 Å². The van der Waals surface area contributed by atoms with E-state index in [0.29, 0.717) is 0 Å². The van der Waals surface area contributed by atoms with Crippen molar-refractivity contribution in [2.45, 2.75) is 161 Å². The van der Waals surface area contributed by atoms with Gasteiger partial charge < -0.3 is 0 Å². The van der Waals surface area contributed by atoms with Crippen LogP contribution in [-0.2, 0) is 0 Å². The summed E-state index contributed by atoms with van der Waals surface area (Å²) < 4.78 is 0. The highest BCUT2D eigenvalue weighted by Crippen LogP contribution is 2.15. The van der Waals surface area contributed by atoms with Crippen molar-refractivity contribution in [3.63, 3.8) is 0 Å². The smallest absolute Gasteiger partial charge is 0.0353 e. The van der Waals surface area contributed by atoms with Crippen LogP contribution < -0.4 is 0 Å². The normalized spacial score (nSPS) is 11.0. The van der Waals surface area contributed by atoms with E-state index in [1.807, 2.05) is 0 Å². The van der Waals surface area contributed by atoms with Gasteiger partial charge in [0.15, 0.2) is 0 Å². The molecule has 0 aromatic heterocycles. The summed E-state index contributed by atoms with van der Waals surface area (Å²) in [5, 5.41) is 0. The van der Waals surface area contributed by atoms with Crippen LogP contribution in [0.15, 0.2) is 25.3 Å². The lowest BCUT2D eigenvalue weighted by Crippen LogP contribution is -1.84. The predicted octanol–water partition coefficient (Wildman–Crippen LogP) is 11.1. The maximum atomic E-state index is 3.79. The van der Waals surface area contributed by atoms with Gasteiger partial charge in [-0.25, -0.2) is 0 Å². The molecule has 0 aliphatic carbocycles. The van der Waals surface area contributed by atoms with Crippen molar-refractivity contribution >= 4 is 0 Å². The molecule has 0 aliphatic rings. The average molecular weight is 405 g/mol. The maximum Gasteiger partial charge on any atom is -0.0353 e. The largest absolute Gasteiger partial charge is 0.103 e. The Morgan fingerprint density at radius 1 is 0.241 bits per heavy atom. The minimum absolute atomic E-state index is 1.21. The molecule has 0 saturated heterocycles. The maximum absolute atomic E-state index is 3.79. The highest BCUT2D eigenvalue weighted by molar-refractivity contribution is 4.66. The first-order valence-corrected chi connectivity index (χ1v) is 13.6. The second kappa shape index (κ2) is 27.5. The zero-order valence-corrected chi connectivity index (χ0v) is 20.2. The molecule has 0 nitrogen and oxygen atoms in total. The van der Waals surface area contributed by atoms with Gasteiger partial charge in [-0.1, -0.05) is 147 Å². The summed E-state index contributed by atoms with van der Waals surface area (Å²) in [5.74, 6) is 0. The molecule has 0 amide bonds. The van der Waals surface area contributed by atoms with Gasteiger partial charge in [-0.05, 0) is 25.7 Å². The second-order valence-electron chi connectivity index (χ2n) is 9.29. The molecule has 0 bridgehead atoms. The van der Waals surface area contributed by atoms with Crippen LogP contribution >= 0.6 is 0 Å². The average Bonchev–Trinajstić information content (AvgIpc) is 2.74. The fourth-order valence-corrected chi connectivity index (χ4v) is 4.29. The molecule has 0 atom stereocenters. The molecule has 0 aliphatic heterocycles. The van der Waals surface area contributed by atoms with Crippen molar-refractivity contribution in [2.24, 2.45) is 0 Å². The van der Waals surface area contributed by atoms with Gasteiger partial charge in [0.05, 0.1) is 0 Å². The zero-order valence-electron chi connectivity index (χ0n) is 20.2. The van der Waals surface area contributed by atoms with Crippen LogP contribution in [0.1, 0.15) is 161 Å². The van der Waals surface area contributed by atoms with Crippen LogP contribution in [0, 0.1) is 0 Å². The highest BCUT2D eigenvalue weighted by atomic mass is 14.0. The fraction of sp³-hybridized carbons (Fsp3) is 0.862. The van der Waals surface area contributed by atoms with Gasteiger partial charge in [-0.15, -0.1) is 13.2 Å². The lowest BCUT2D eigenvalue weighted by Gasteiger charge is -2.04. The van der Waals surface area contributed by atoms with Crippen LogP contribution in [0.4, 0.5) is 0 Å². The first kappa shape index (κ1) is 28.5. The third kappa shape index (κ3) is 27.5. The van der Waals surface area contributed by atoms with E-state index >= 15 is 0 Å². The van der Waals surface area contributed by atoms with Crippen LogP contribution in [0.5, 0.6) is 0 Å². The van der Waals surface area contributed by atoms with Gasteiger partial charge in [-0.3, -0.25) is 0 Å². The van der Waals surface area contributed by atoms with E-state index in [-0.39, 0.29) is 0 Å². The zero-order chi connectivity index (χ0) is 21.1. The molecular weight excluding hydrogens is 348 g/mol. The summed E-state index contributed by atoms with van der Waals surface area (Å²) in [6, 6.07) is 0. The Bertz CT molecular complexity index is 273. The van der Waals surface area contributed by atoms with E-state index in [2.05, 4.69) is 25.3 Å². The summed E-state index contributed by atoms with van der Waals surface area (Å²) >= 11 is 0. The Balaban J connectivity index is 2.98. The SMILES string of the molecule is C=CCCCCCCCCCCCCCCCCCCCCCCCCCC=C. The molecule has 0 heteroatoms. The molecule has 172 valence electrons. The number of hydrogen-bond acceptors (Lipinski definition) is 0. The number of hydrogen-bond donors (Lipinski definition) is 0. The summed E-state index contributed by atoms with van der Waals surface area (Å²) in [4.78, 5) is 0.